The number of rotatable bonds is 4. The molecular weight excluding hydrogens is 318 g/mol. The van der Waals surface area contributed by atoms with Gasteiger partial charge in [-0.25, -0.2) is 0 Å². The van der Waals surface area contributed by atoms with Crippen LogP contribution in [0.4, 0.5) is 0 Å². The van der Waals surface area contributed by atoms with Crippen LogP contribution in [0.15, 0.2) is 34.7 Å². The Morgan fingerprint density at radius 3 is 2.75 bits per heavy atom. The number of halogens is 1. The van der Waals surface area contributed by atoms with E-state index in [0.29, 0.717) is 12.3 Å². The summed E-state index contributed by atoms with van der Waals surface area (Å²) in [6, 6.07) is 9.49. The van der Waals surface area contributed by atoms with Crippen molar-refractivity contribution in [2.24, 2.45) is 5.41 Å². The molecule has 1 aliphatic rings. The predicted molar refractivity (Wildman–Crippen MR) is 83.2 cm³/mol. The average Bonchev–Trinajstić information content (AvgIpc) is 3.12. The molecule has 0 unspecified atom stereocenters. The molecule has 0 spiro atoms. The van der Waals surface area contributed by atoms with Crippen LogP contribution >= 0.6 is 15.9 Å². The zero-order chi connectivity index (χ0) is 14.0. The first-order chi connectivity index (χ1) is 9.72. The molecule has 1 aromatic heterocycles. The fourth-order valence-corrected chi connectivity index (χ4v) is 3.69. The fourth-order valence-electron chi connectivity index (χ4n) is 2.93. The summed E-state index contributed by atoms with van der Waals surface area (Å²) in [4.78, 5) is 12.2. The number of nitrogens with one attached hydrogen (secondary N) is 1. The van der Waals surface area contributed by atoms with Crippen LogP contribution in [0.5, 0.6) is 0 Å². The topological polar surface area (TPSA) is 42.2 Å². The van der Waals surface area contributed by atoms with E-state index in [1.54, 1.807) is 6.07 Å². The summed E-state index contributed by atoms with van der Waals surface area (Å²) in [5.74, 6) is 0.280. The van der Waals surface area contributed by atoms with Crippen molar-refractivity contribution in [2.45, 2.75) is 25.7 Å². The van der Waals surface area contributed by atoms with E-state index in [2.05, 4.69) is 21.2 Å². The van der Waals surface area contributed by atoms with Gasteiger partial charge in [0.15, 0.2) is 5.76 Å². The van der Waals surface area contributed by atoms with Crippen molar-refractivity contribution in [2.75, 3.05) is 11.9 Å². The maximum atomic E-state index is 12.2. The third-order valence-corrected chi connectivity index (χ3v) is 5.41. The molecule has 3 rings (SSSR count). The van der Waals surface area contributed by atoms with Crippen LogP contribution in [0.1, 0.15) is 36.2 Å². The maximum absolute atomic E-state index is 12.2. The Kier molecular flexibility index (Phi) is 3.83. The summed E-state index contributed by atoms with van der Waals surface area (Å²) in [6.45, 7) is 0.716. The Morgan fingerprint density at radius 1 is 1.30 bits per heavy atom. The minimum atomic E-state index is -0.117. The Morgan fingerprint density at radius 2 is 2.05 bits per heavy atom. The number of hydrogen-bond donors (Lipinski definition) is 1. The molecule has 0 atom stereocenters. The third-order valence-electron chi connectivity index (χ3n) is 4.22. The van der Waals surface area contributed by atoms with Crippen LogP contribution in [0.2, 0.25) is 0 Å². The van der Waals surface area contributed by atoms with Gasteiger partial charge in [0.2, 0.25) is 0 Å². The molecule has 1 heterocycles. The van der Waals surface area contributed by atoms with Crippen molar-refractivity contribution in [3.05, 3.63) is 36.1 Å². The van der Waals surface area contributed by atoms with Crippen LogP contribution < -0.4 is 5.32 Å². The molecule has 4 heteroatoms. The summed E-state index contributed by atoms with van der Waals surface area (Å²) in [7, 11) is 0. The van der Waals surface area contributed by atoms with Crippen molar-refractivity contribution < 1.29 is 9.21 Å². The van der Waals surface area contributed by atoms with Gasteiger partial charge in [0.1, 0.15) is 5.58 Å². The first-order valence-corrected chi connectivity index (χ1v) is 8.17. The maximum Gasteiger partial charge on any atom is 0.287 e. The molecule has 1 aliphatic carbocycles. The van der Waals surface area contributed by atoms with Gasteiger partial charge in [-0.3, -0.25) is 4.79 Å². The van der Waals surface area contributed by atoms with Crippen molar-refractivity contribution in [1.29, 1.82) is 0 Å². The quantitative estimate of drug-likeness (QED) is 0.854. The second kappa shape index (κ2) is 5.60. The summed E-state index contributed by atoms with van der Waals surface area (Å²) in [5, 5.41) is 4.94. The van der Waals surface area contributed by atoms with Gasteiger partial charge in [-0.05, 0) is 30.4 Å². The number of fused-ring (bicyclic) bond motifs is 1. The summed E-state index contributed by atoms with van der Waals surface area (Å²) in [5.41, 5.74) is 0.982. The van der Waals surface area contributed by atoms with Crippen molar-refractivity contribution >= 4 is 32.8 Å². The van der Waals surface area contributed by atoms with Gasteiger partial charge in [-0.1, -0.05) is 47.0 Å². The third kappa shape index (κ3) is 2.62. The molecule has 1 N–H and O–H groups in total. The Balaban J connectivity index is 1.69. The summed E-state index contributed by atoms with van der Waals surface area (Å²) < 4.78 is 5.59. The number of amides is 1. The zero-order valence-electron chi connectivity index (χ0n) is 11.3. The van der Waals surface area contributed by atoms with E-state index in [-0.39, 0.29) is 11.3 Å². The molecular formula is C16H18BrNO2. The van der Waals surface area contributed by atoms with Gasteiger partial charge >= 0.3 is 0 Å². The highest BCUT2D eigenvalue weighted by atomic mass is 79.9. The summed E-state index contributed by atoms with van der Waals surface area (Å²) in [6.07, 6.45) is 4.87. The Hall–Kier alpha value is -1.29. The predicted octanol–water partition coefficient (Wildman–Crippen LogP) is 4.12. The fraction of sp³-hybridized carbons (Fsp3) is 0.438. The van der Waals surface area contributed by atoms with Crippen LogP contribution in [-0.4, -0.2) is 17.8 Å². The van der Waals surface area contributed by atoms with Crippen LogP contribution in [-0.2, 0) is 0 Å². The van der Waals surface area contributed by atoms with Gasteiger partial charge in [0.25, 0.3) is 5.91 Å². The lowest BCUT2D eigenvalue weighted by molar-refractivity contribution is 0.0910. The van der Waals surface area contributed by atoms with E-state index in [1.807, 2.05) is 24.3 Å². The number of para-hydroxylation sites is 1. The number of carbonyl (C=O) groups excluding carboxylic acids is 1. The molecule has 1 saturated carbocycles. The smallest absolute Gasteiger partial charge is 0.287 e. The van der Waals surface area contributed by atoms with Crippen molar-refractivity contribution in [1.82, 2.24) is 5.32 Å². The molecule has 0 radical (unpaired) electrons. The molecule has 106 valence electrons. The van der Waals surface area contributed by atoms with Gasteiger partial charge in [-0.2, -0.15) is 0 Å². The average molecular weight is 336 g/mol. The van der Waals surface area contributed by atoms with Crippen LogP contribution in [0, 0.1) is 5.41 Å². The molecule has 1 amide bonds. The lowest BCUT2D eigenvalue weighted by Gasteiger charge is -2.26. The molecule has 0 aliphatic heterocycles. The second-order valence-corrected chi connectivity index (χ2v) is 6.23. The largest absolute Gasteiger partial charge is 0.451 e. The van der Waals surface area contributed by atoms with Gasteiger partial charge in [-0.15, -0.1) is 0 Å². The highest BCUT2D eigenvalue weighted by Crippen LogP contribution is 2.39. The lowest BCUT2D eigenvalue weighted by atomic mass is 9.89. The first-order valence-electron chi connectivity index (χ1n) is 7.05. The number of alkyl halides is 1. The Bertz CT molecular complexity index is 581. The minimum Gasteiger partial charge on any atom is -0.451 e. The number of carbonyl (C=O) groups is 1. The normalized spacial score (nSPS) is 17.4. The zero-order valence-corrected chi connectivity index (χ0v) is 12.9. The van der Waals surface area contributed by atoms with E-state index in [4.69, 9.17) is 4.42 Å². The van der Waals surface area contributed by atoms with Gasteiger partial charge in [0.05, 0.1) is 0 Å². The first kappa shape index (κ1) is 13.7. The highest BCUT2D eigenvalue weighted by molar-refractivity contribution is 9.09. The molecule has 0 bridgehead atoms. The molecule has 3 nitrogen and oxygen atoms in total. The van der Waals surface area contributed by atoms with Crippen molar-refractivity contribution in [3.63, 3.8) is 0 Å². The van der Waals surface area contributed by atoms with E-state index in [0.717, 1.165) is 16.3 Å². The van der Waals surface area contributed by atoms with Crippen molar-refractivity contribution in [3.8, 4) is 0 Å². The molecule has 2 aromatic rings. The standard InChI is InChI=1S/C16H18BrNO2/c17-10-16(7-3-4-8-16)11-18-15(19)14-9-12-5-1-2-6-13(12)20-14/h1-2,5-6,9H,3-4,7-8,10-11H2,(H,18,19). The number of benzene rings is 1. The van der Waals surface area contributed by atoms with Gasteiger partial charge in [0, 0.05) is 17.3 Å². The second-order valence-electron chi connectivity index (χ2n) is 5.67. The monoisotopic (exact) mass is 335 g/mol. The van der Waals surface area contributed by atoms with Crippen LogP contribution in [0.3, 0.4) is 0 Å². The summed E-state index contributed by atoms with van der Waals surface area (Å²) >= 11 is 3.59. The minimum absolute atomic E-state index is 0.117. The van der Waals surface area contributed by atoms with E-state index < -0.39 is 0 Å². The highest BCUT2D eigenvalue weighted by Gasteiger charge is 2.33. The number of hydrogen-bond acceptors (Lipinski definition) is 2. The van der Waals surface area contributed by atoms with E-state index in [9.17, 15) is 4.79 Å². The van der Waals surface area contributed by atoms with E-state index >= 15 is 0 Å². The lowest BCUT2D eigenvalue weighted by Crippen LogP contribution is -2.36. The molecule has 1 fully saturated rings. The molecule has 20 heavy (non-hydrogen) atoms. The SMILES string of the molecule is O=C(NCC1(CBr)CCCC1)c1cc2ccccc2o1. The van der Waals surface area contributed by atoms with Crippen LogP contribution in [0.25, 0.3) is 11.0 Å². The molecule has 0 saturated heterocycles. The van der Waals surface area contributed by atoms with E-state index in [1.165, 1.54) is 25.7 Å². The Labute approximate surface area is 126 Å². The molecule has 1 aromatic carbocycles. The number of furan rings is 1. The van der Waals surface area contributed by atoms with Gasteiger partial charge < -0.3 is 9.73 Å².